The van der Waals surface area contributed by atoms with Gasteiger partial charge in [-0.1, -0.05) is 64.4 Å². The fraction of sp³-hybridized carbons (Fsp3) is 0.548. The van der Waals surface area contributed by atoms with E-state index in [1.807, 2.05) is 58.0 Å². The molecule has 0 aliphatic carbocycles. The van der Waals surface area contributed by atoms with Crippen molar-refractivity contribution >= 4 is 21.8 Å². The van der Waals surface area contributed by atoms with Gasteiger partial charge in [-0.3, -0.25) is 15.0 Å². The topological polar surface area (TPSA) is 154 Å². The second-order valence-electron chi connectivity index (χ2n) is 11.3. The van der Waals surface area contributed by atoms with Crippen molar-refractivity contribution in [3.63, 3.8) is 0 Å². The number of hydrazine groups is 1. The Morgan fingerprint density at radius 3 is 2.12 bits per heavy atom. The summed E-state index contributed by atoms with van der Waals surface area (Å²) in [7, 11) is -0.940. The average Bonchev–Trinajstić information content (AvgIpc) is 3.00. The van der Waals surface area contributed by atoms with E-state index in [4.69, 9.17) is 10.5 Å². The average molecular weight is 620 g/mol. The molecule has 0 heterocycles. The predicted octanol–water partition coefficient (Wildman–Crippen LogP) is 2.16. The predicted molar refractivity (Wildman–Crippen MR) is 167 cm³/mol. The molecule has 2 amide bonds. The van der Waals surface area contributed by atoms with Crippen molar-refractivity contribution in [3.05, 3.63) is 60.2 Å². The van der Waals surface area contributed by atoms with E-state index >= 15 is 0 Å². The molecule has 0 bridgehead atoms. The van der Waals surface area contributed by atoms with Gasteiger partial charge >= 0.3 is 0 Å². The van der Waals surface area contributed by atoms with E-state index in [1.54, 1.807) is 26.1 Å². The van der Waals surface area contributed by atoms with E-state index in [9.17, 15) is 23.1 Å². The van der Waals surface area contributed by atoms with E-state index in [-0.39, 0.29) is 36.2 Å². The molecule has 12 heteroatoms. The third kappa shape index (κ3) is 10.0. The van der Waals surface area contributed by atoms with Gasteiger partial charge in [0.25, 0.3) is 11.8 Å². The lowest BCUT2D eigenvalue weighted by Gasteiger charge is -2.39. The molecule has 0 aromatic heterocycles. The first kappa shape index (κ1) is 36.2. The zero-order chi connectivity index (χ0) is 32.3. The minimum Gasteiger partial charge on any atom is -0.497 e. The van der Waals surface area contributed by atoms with Crippen molar-refractivity contribution < 1.29 is 27.9 Å². The highest BCUT2D eigenvalue weighted by Crippen LogP contribution is 2.23. The lowest BCUT2D eigenvalue weighted by Crippen LogP contribution is -2.64. The number of nitrogens with two attached hydrogens (primary N) is 1. The number of hydrogen-bond acceptors (Lipinski definition) is 8. The number of amides is 2. The molecule has 11 nitrogen and oxygen atoms in total. The highest BCUT2D eigenvalue weighted by Gasteiger charge is 2.38. The Bertz CT molecular complexity index is 1260. The zero-order valence-electron chi connectivity index (χ0n) is 26.4. The summed E-state index contributed by atoms with van der Waals surface area (Å²) in [6.45, 7) is 8.94. The maximum atomic E-state index is 13.9. The van der Waals surface area contributed by atoms with Crippen LogP contribution in [0.1, 0.15) is 46.6 Å². The van der Waals surface area contributed by atoms with Gasteiger partial charge in [0, 0.05) is 13.1 Å². The Hall–Kier alpha value is -3.03. The molecule has 0 aliphatic heterocycles. The van der Waals surface area contributed by atoms with Crippen LogP contribution in [0.3, 0.4) is 0 Å². The lowest BCUT2D eigenvalue weighted by molar-refractivity contribution is -0.150. The minimum atomic E-state index is -4.05. The molecule has 5 N–H and O–H groups in total. The molecular weight excluding hydrogens is 570 g/mol. The standard InChI is InChI=1S/C31H49N5O6S/c1-8-22(4)29(32)31(39)36(34-30(38)23(5)33-6)27(18-24-12-10-9-11-13-24)28(37)20-35(19-21(2)3)43(40,41)26-16-14-25(42-7)15-17-26/h9-17,21-23,27-29,33,37H,8,18-20,32H2,1-7H3,(H,34,38)/t22-,23+,27?,28+,29-/m0/s1. The van der Waals surface area contributed by atoms with Crippen LogP contribution in [-0.4, -0.2) is 86.1 Å². The number of hydrogen-bond donors (Lipinski definition) is 4. The summed E-state index contributed by atoms with van der Waals surface area (Å²) in [5, 5.41) is 15.8. The van der Waals surface area contributed by atoms with Gasteiger partial charge in [-0.15, -0.1) is 0 Å². The molecule has 0 fully saturated rings. The van der Waals surface area contributed by atoms with Gasteiger partial charge in [0.15, 0.2) is 0 Å². The molecule has 0 saturated heterocycles. The Labute approximate surface area is 256 Å². The van der Waals surface area contributed by atoms with Crippen LogP contribution in [0.25, 0.3) is 0 Å². The van der Waals surface area contributed by atoms with Crippen LogP contribution in [0.2, 0.25) is 0 Å². The maximum Gasteiger partial charge on any atom is 0.258 e. The quantitative estimate of drug-likeness (QED) is 0.209. The van der Waals surface area contributed by atoms with Gasteiger partial charge in [0.05, 0.1) is 36.2 Å². The Morgan fingerprint density at radius 2 is 1.60 bits per heavy atom. The number of ether oxygens (including phenoxy) is 1. The van der Waals surface area contributed by atoms with Crippen molar-refractivity contribution in [2.45, 2.75) is 76.6 Å². The summed E-state index contributed by atoms with van der Waals surface area (Å²) in [5.41, 5.74) is 9.84. The zero-order valence-corrected chi connectivity index (χ0v) is 27.2. The number of benzene rings is 2. The van der Waals surface area contributed by atoms with Crippen LogP contribution >= 0.6 is 0 Å². The highest BCUT2D eigenvalue weighted by atomic mass is 32.2. The summed E-state index contributed by atoms with van der Waals surface area (Å²) in [5.74, 6) is -0.839. The van der Waals surface area contributed by atoms with Crippen molar-refractivity contribution in [2.24, 2.45) is 17.6 Å². The number of aliphatic hydroxyl groups is 1. The molecule has 240 valence electrons. The molecule has 2 rings (SSSR count). The van der Waals surface area contributed by atoms with Crippen molar-refractivity contribution in [3.8, 4) is 5.75 Å². The van der Waals surface area contributed by atoms with Gasteiger partial charge in [-0.2, -0.15) is 4.31 Å². The summed E-state index contributed by atoms with van der Waals surface area (Å²) < 4.78 is 34.0. The second kappa shape index (κ2) is 16.7. The smallest absolute Gasteiger partial charge is 0.258 e. The van der Waals surface area contributed by atoms with Crippen LogP contribution in [-0.2, 0) is 26.0 Å². The number of rotatable bonds is 16. The van der Waals surface area contributed by atoms with Crippen LogP contribution in [0.5, 0.6) is 5.75 Å². The maximum absolute atomic E-state index is 13.9. The molecule has 43 heavy (non-hydrogen) atoms. The summed E-state index contributed by atoms with van der Waals surface area (Å²) in [6.07, 6.45) is -0.645. The van der Waals surface area contributed by atoms with Crippen LogP contribution in [0, 0.1) is 11.8 Å². The van der Waals surface area contributed by atoms with E-state index < -0.39 is 46.1 Å². The first-order valence-corrected chi connectivity index (χ1v) is 16.1. The molecule has 2 aromatic rings. The lowest BCUT2D eigenvalue weighted by atomic mass is 9.96. The molecule has 2 aromatic carbocycles. The van der Waals surface area contributed by atoms with E-state index in [2.05, 4.69) is 10.7 Å². The minimum absolute atomic E-state index is 0.0450. The van der Waals surface area contributed by atoms with Gasteiger partial charge in [0.2, 0.25) is 10.0 Å². The molecule has 5 atom stereocenters. The van der Waals surface area contributed by atoms with Gasteiger partial charge in [-0.25, -0.2) is 13.4 Å². The molecule has 0 saturated carbocycles. The number of aliphatic hydroxyl groups excluding tert-OH is 1. The largest absolute Gasteiger partial charge is 0.497 e. The number of carbonyl (C=O) groups excluding carboxylic acids is 2. The number of carbonyl (C=O) groups is 2. The third-order valence-corrected chi connectivity index (χ3v) is 9.40. The Morgan fingerprint density at radius 1 is 1.00 bits per heavy atom. The number of likely N-dealkylation sites (N-methyl/N-ethyl adjacent to an activating group) is 1. The van der Waals surface area contributed by atoms with Crippen molar-refractivity contribution in [1.29, 1.82) is 0 Å². The molecular formula is C31H49N5O6S. The second-order valence-corrected chi connectivity index (χ2v) is 13.3. The van der Waals surface area contributed by atoms with Crippen molar-refractivity contribution in [1.82, 2.24) is 20.1 Å². The van der Waals surface area contributed by atoms with E-state index in [0.29, 0.717) is 12.2 Å². The Balaban J connectivity index is 2.59. The van der Waals surface area contributed by atoms with Crippen LogP contribution < -0.4 is 21.2 Å². The molecule has 1 unspecified atom stereocenters. The molecule has 0 radical (unpaired) electrons. The summed E-state index contributed by atoms with van der Waals surface area (Å²) >= 11 is 0. The number of nitrogens with zero attached hydrogens (tertiary/aromatic N) is 2. The van der Waals surface area contributed by atoms with Gasteiger partial charge < -0.3 is 20.9 Å². The van der Waals surface area contributed by atoms with Crippen LogP contribution in [0.4, 0.5) is 0 Å². The summed E-state index contributed by atoms with van der Waals surface area (Å²) in [6, 6.07) is 12.6. The fourth-order valence-corrected chi connectivity index (χ4v) is 6.09. The van der Waals surface area contributed by atoms with Gasteiger partial charge in [0.1, 0.15) is 5.75 Å². The first-order valence-electron chi connectivity index (χ1n) is 14.7. The summed E-state index contributed by atoms with van der Waals surface area (Å²) in [4.78, 5) is 27.0. The van der Waals surface area contributed by atoms with Gasteiger partial charge in [-0.05, 0) is 62.1 Å². The SMILES string of the molecule is CC[C@H](C)[C@H](N)C(=O)N(NC(=O)[C@@H](C)NC)C(Cc1ccccc1)[C@H](O)CN(CC(C)C)S(=O)(=O)c1ccc(OC)cc1. The molecule has 0 aliphatic rings. The fourth-order valence-electron chi connectivity index (χ4n) is 4.47. The van der Waals surface area contributed by atoms with E-state index in [0.717, 1.165) is 10.6 Å². The van der Waals surface area contributed by atoms with E-state index in [1.165, 1.54) is 23.5 Å². The first-order chi connectivity index (χ1) is 20.3. The number of sulfonamides is 1. The highest BCUT2D eigenvalue weighted by molar-refractivity contribution is 7.89. The van der Waals surface area contributed by atoms with Crippen molar-refractivity contribution in [2.75, 3.05) is 27.2 Å². The molecule has 0 spiro atoms. The third-order valence-electron chi connectivity index (χ3n) is 7.56. The Kier molecular flexibility index (Phi) is 14.1. The monoisotopic (exact) mass is 619 g/mol. The normalized spacial score (nSPS) is 15.4. The van der Waals surface area contributed by atoms with Crippen LogP contribution in [0.15, 0.2) is 59.5 Å². The number of methoxy groups -OCH3 is 1. The number of nitrogens with one attached hydrogen (secondary N) is 2.